The van der Waals surface area contributed by atoms with E-state index in [9.17, 15) is 0 Å². The molecule has 0 aliphatic heterocycles. The highest BCUT2D eigenvalue weighted by molar-refractivity contribution is 9.10. The predicted octanol–water partition coefficient (Wildman–Crippen LogP) is 4.44. The van der Waals surface area contributed by atoms with E-state index in [4.69, 9.17) is 4.42 Å². The molecule has 1 heterocycles. The molecular weight excluding hydrogens is 254 g/mol. The van der Waals surface area contributed by atoms with Gasteiger partial charge in [0.1, 0.15) is 5.76 Å². The molecule has 84 valence electrons. The van der Waals surface area contributed by atoms with Gasteiger partial charge in [0.25, 0.3) is 4.80 Å². The third-order valence-electron chi connectivity index (χ3n) is 3.26. The number of rotatable bonds is 2. The number of aryl methyl sites for hydroxylation is 1. The van der Waals surface area contributed by atoms with Crippen molar-refractivity contribution in [2.45, 2.75) is 57.8 Å². The van der Waals surface area contributed by atoms with Crippen molar-refractivity contribution in [3.63, 3.8) is 0 Å². The summed E-state index contributed by atoms with van der Waals surface area (Å²) in [6.45, 7) is 2.13. The summed E-state index contributed by atoms with van der Waals surface area (Å²) in [4.78, 5) is 5.15. The van der Waals surface area contributed by atoms with Crippen LogP contribution in [0.5, 0.6) is 0 Å². The monoisotopic (exact) mass is 271 g/mol. The molecule has 0 saturated heterocycles. The van der Waals surface area contributed by atoms with Crippen molar-refractivity contribution in [3.05, 3.63) is 16.3 Å². The van der Waals surface area contributed by atoms with Gasteiger partial charge in [0.2, 0.25) is 0 Å². The summed E-state index contributed by atoms with van der Waals surface area (Å²) in [6.07, 6.45) is 8.98. The van der Waals surface area contributed by atoms with Crippen LogP contribution in [0.25, 0.3) is 0 Å². The molecule has 1 aliphatic carbocycles. The molecule has 15 heavy (non-hydrogen) atoms. The van der Waals surface area contributed by atoms with E-state index in [1.165, 1.54) is 44.2 Å². The van der Waals surface area contributed by atoms with Crippen LogP contribution in [0.15, 0.2) is 9.22 Å². The quantitative estimate of drug-likeness (QED) is 0.744. The first-order chi connectivity index (χ1) is 7.31. The van der Waals surface area contributed by atoms with Crippen molar-refractivity contribution >= 4 is 15.9 Å². The molecule has 2 rings (SSSR count). The summed E-state index contributed by atoms with van der Waals surface area (Å²) in [5.74, 6) is 1.71. The molecule has 1 aliphatic rings. The Morgan fingerprint density at radius 1 is 1.27 bits per heavy atom. The highest BCUT2D eigenvalue weighted by Gasteiger charge is 2.21. The minimum atomic E-state index is 0.637. The van der Waals surface area contributed by atoms with Gasteiger partial charge in [0, 0.05) is 28.3 Å². The van der Waals surface area contributed by atoms with Gasteiger partial charge in [-0.2, -0.15) is 0 Å². The Labute approximate surface area is 99.6 Å². The van der Waals surface area contributed by atoms with E-state index in [0.29, 0.717) is 10.7 Å². The van der Waals surface area contributed by atoms with Crippen LogP contribution in [0.3, 0.4) is 0 Å². The van der Waals surface area contributed by atoms with E-state index in [-0.39, 0.29) is 0 Å². The van der Waals surface area contributed by atoms with E-state index < -0.39 is 0 Å². The van der Waals surface area contributed by atoms with Crippen LogP contribution in [-0.2, 0) is 6.42 Å². The minimum absolute atomic E-state index is 0.637. The number of oxazole rings is 1. The zero-order chi connectivity index (χ0) is 10.7. The first-order valence-electron chi connectivity index (χ1n) is 5.96. The third kappa shape index (κ3) is 2.63. The lowest BCUT2D eigenvalue weighted by atomic mass is 9.95. The Bertz CT molecular complexity index is 313. The lowest BCUT2D eigenvalue weighted by molar-refractivity contribution is 0.476. The summed E-state index contributed by atoms with van der Waals surface area (Å²) >= 11 is 3.33. The van der Waals surface area contributed by atoms with Gasteiger partial charge in [-0.1, -0.05) is 32.6 Å². The van der Waals surface area contributed by atoms with Crippen LogP contribution in [0.2, 0.25) is 0 Å². The van der Waals surface area contributed by atoms with E-state index in [0.717, 1.165) is 12.2 Å². The Morgan fingerprint density at radius 3 is 2.53 bits per heavy atom. The van der Waals surface area contributed by atoms with Crippen molar-refractivity contribution in [3.8, 4) is 0 Å². The molecule has 0 amide bonds. The maximum atomic E-state index is 5.56. The topological polar surface area (TPSA) is 26.0 Å². The van der Waals surface area contributed by atoms with Gasteiger partial charge < -0.3 is 4.42 Å². The van der Waals surface area contributed by atoms with E-state index in [2.05, 4.69) is 27.8 Å². The van der Waals surface area contributed by atoms with Crippen LogP contribution < -0.4 is 0 Å². The van der Waals surface area contributed by atoms with Gasteiger partial charge in [0.05, 0.1) is 5.69 Å². The van der Waals surface area contributed by atoms with E-state index >= 15 is 0 Å². The van der Waals surface area contributed by atoms with Crippen molar-refractivity contribution < 1.29 is 4.42 Å². The normalized spacial score (nSPS) is 19.1. The average Bonchev–Trinajstić information content (AvgIpc) is 2.47. The fourth-order valence-electron chi connectivity index (χ4n) is 2.46. The Balaban J connectivity index is 2.18. The molecule has 0 atom stereocenters. The van der Waals surface area contributed by atoms with Crippen LogP contribution in [0, 0.1) is 0 Å². The van der Waals surface area contributed by atoms with Crippen LogP contribution in [0.4, 0.5) is 0 Å². The molecular formula is C12H18BrNO. The number of nitrogens with zero attached hydrogens (tertiary/aromatic N) is 1. The smallest absolute Gasteiger partial charge is 0.264 e. The molecule has 2 nitrogen and oxygen atoms in total. The second kappa shape index (κ2) is 5.15. The first-order valence-corrected chi connectivity index (χ1v) is 6.75. The van der Waals surface area contributed by atoms with Gasteiger partial charge in [-0.05, 0) is 12.8 Å². The van der Waals surface area contributed by atoms with Gasteiger partial charge >= 0.3 is 0 Å². The molecule has 0 radical (unpaired) electrons. The van der Waals surface area contributed by atoms with Gasteiger partial charge in [-0.25, -0.2) is 4.98 Å². The summed E-state index contributed by atoms with van der Waals surface area (Å²) in [5, 5.41) is 0. The fourth-order valence-corrected chi connectivity index (χ4v) is 2.85. The number of hydrogen-bond donors (Lipinski definition) is 0. The van der Waals surface area contributed by atoms with Crippen molar-refractivity contribution in [2.75, 3.05) is 0 Å². The number of hydrogen-bond acceptors (Lipinski definition) is 2. The van der Waals surface area contributed by atoms with Crippen molar-refractivity contribution in [1.29, 1.82) is 0 Å². The molecule has 0 unspecified atom stereocenters. The van der Waals surface area contributed by atoms with E-state index in [1.54, 1.807) is 0 Å². The lowest BCUT2D eigenvalue weighted by Crippen LogP contribution is -2.00. The summed E-state index contributed by atoms with van der Waals surface area (Å²) < 4.78 is 5.56. The maximum Gasteiger partial charge on any atom is 0.264 e. The van der Waals surface area contributed by atoms with Crippen LogP contribution in [0.1, 0.15) is 62.8 Å². The second-order valence-corrected chi connectivity index (χ2v) is 5.00. The predicted molar refractivity (Wildman–Crippen MR) is 64.0 cm³/mol. The van der Waals surface area contributed by atoms with Gasteiger partial charge in [-0.3, -0.25) is 0 Å². The van der Waals surface area contributed by atoms with E-state index in [1.807, 2.05) is 0 Å². The molecule has 1 aromatic heterocycles. The summed E-state index contributed by atoms with van der Waals surface area (Å²) in [7, 11) is 0. The van der Waals surface area contributed by atoms with Crippen LogP contribution in [-0.4, -0.2) is 4.98 Å². The molecule has 0 bridgehead atoms. The van der Waals surface area contributed by atoms with Crippen molar-refractivity contribution in [2.24, 2.45) is 0 Å². The lowest BCUT2D eigenvalue weighted by Gasteiger charge is -2.11. The standard InChI is InChI=1S/C12H18BrNO/c1-2-10-11(14-12(13)15-10)9-7-5-3-4-6-8-9/h9H,2-8H2,1H3. The summed E-state index contributed by atoms with van der Waals surface area (Å²) in [5.41, 5.74) is 1.21. The number of aromatic nitrogens is 1. The minimum Gasteiger partial charge on any atom is -0.436 e. The maximum absolute atomic E-state index is 5.56. The zero-order valence-corrected chi connectivity index (χ0v) is 10.8. The molecule has 3 heteroatoms. The molecule has 1 saturated carbocycles. The molecule has 0 N–H and O–H groups in total. The largest absolute Gasteiger partial charge is 0.436 e. The highest BCUT2D eigenvalue weighted by Crippen LogP contribution is 2.34. The van der Waals surface area contributed by atoms with Crippen LogP contribution >= 0.6 is 15.9 Å². The first kappa shape index (κ1) is 11.2. The highest BCUT2D eigenvalue weighted by atomic mass is 79.9. The Morgan fingerprint density at radius 2 is 1.93 bits per heavy atom. The molecule has 1 fully saturated rings. The average molecular weight is 272 g/mol. The Kier molecular flexibility index (Phi) is 3.84. The summed E-state index contributed by atoms with van der Waals surface area (Å²) in [6, 6.07) is 0. The van der Waals surface area contributed by atoms with Gasteiger partial charge in [-0.15, -0.1) is 0 Å². The third-order valence-corrected chi connectivity index (χ3v) is 3.60. The van der Waals surface area contributed by atoms with Gasteiger partial charge in [0.15, 0.2) is 0 Å². The molecule has 1 aromatic rings. The Hall–Kier alpha value is -0.310. The van der Waals surface area contributed by atoms with Crippen molar-refractivity contribution in [1.82, 2.24) is 4.98 Å². The molecule has 0 spiro atoms. The zero-order valence-electron chi connectivity index (χ0n) is 9.26. The second-order valence-electron chi connectivity index (χ2n) is 4.32. The SMILES string of the molecule is CCc1oc(Br)nc1C1CCCCCC1. The molecule has 0 aromatic carbocycles. The fraction of sp³-hybridized carbons (Fsp3) is 0.750. The number of halogens is 1.